The van der Waals surface area contributed by atoms with E-state index in [2.05, 4.69) is 5.10 Å². The minimum atomic E-state index is -0.551. The first kappa shape index (κ1) is 13.9. The number of likely N-dealkylation sites (N-methyl/N-ethyl adjacent to an activating group) is 1. The van der Waals surface area contributed by atoms with Crippen molar-refractivity contribution in [3.05, 3.63) is 20.8 Å². The molecule has 0 saturated carbocycles. The Kier molecular flexibility index (Phi) is 4.24. The van der Waals surface area contributed by atoms with Crippen LogP contribution in [0.5, 0.6) is 0 Å². The van der Waals surface area contributed by atoms with E-state index in [4.69, 9.17) is 4.74 Å². The van der Waals surface area contributed by atoms with E-state index in [0.717, 1.165) is 9.25 Å². The normalized spacial score (nSPS) is 10.2. The van der Waals surface area contributed by atoms with Gasteiger partial charge in [-0.1, -0.05) is 0 Å². The number of carbonyl (C=O) groups is 1. The molecule has 0 aliphatic carbocycles. The number of nitrogens with zero attached hydrogens (tertiary/aromatic N) is 4. The predicted molar refractivity (Wildman–Crippen MR) is 64.6 cm³/mol. The van der Waals surface area contributed by atoms with E-state index in [-0.39, 0.29) is 19.0 Å². The standard InChI is InChI=1S/C10H16N4O4/c1-5-18-7(15)6-12(2)8-9(16)13(3)10(17)14(4)11-8/h5-6H2,1-4H3. The van der Waals surface area contributed by atoms with E-state index in [1.807, 2.05) is 0 Å². The molecular weight excluding hydrogens is 240 g/mol. The van der Waals surface area contributed by atoms with Crippen molar-refractivity contribution in [2.24, 2.45) is 14.1 Å². The molecule has 0 spiro atoms. The number of esters is 1. The Morgan fingerprint density at radius 2 is 2.00 bits per heavy atom. The second-order valence-corrected chi connectivity index (χ2v) is 3.76. The van der Waals surface area contributed by atoms with E-state index in [9.17, 15) is 14.4 Å². The monoisotopic (exact) mass is 256 g/mol. The summed E-state index contributed by atoms with van der Waals surface area (Å²) >= 11 is 0. The number of rotatable bonds is 4. The Morgan fingerprint density at radius 3 is 2.56 bits per heavy atom. The molecule has 18 heavy (non-hydrogen) atoms. The van der Waals surface area contributed by atoms with E-state index < -0.39 is 17.2 Å². The van der Waals surface area contributed by atoms with Crippen LogP contribution in [0.1, 0.15) is 6.92 Å². The fraction of sp³-hybridized carbons (Fsp3) is 0.600. The Labute approximate surface area is 103 Å². The molecule has 0 atom stereocenters. The fourth-order valence-electron chi connectivity index (χ4n) is 1.40. The maximum atomic E-state index is 11.8. The molecule has 0 unspecified atom stereocenters. The highest BCUT2D eigenvalue weighted by Crippen LogP contribution is 1.98. The highest BCUT2D eigenvalue weighted by Gasteiger charge is 2.15. The van der Waals surface area contributed by atoms with E-state index in [0.29, 0.717) is 0 Å². The number of ether oxygens (including phenoxy) is 1. The van der Waals surface area contributed by atoms with Gasteiger partial charge in [-0.25, -0.2) is 9.48 Å². The lowest BCUT2D eigenvalue weighted by Crippen LogP contribution is -2.43. The molecule has 1 aromatic rings. The Hall–Kier alpha value is -2.12. The van der Waals surface area contributed by atoms with Crippen LogP contribution in [0, 0.1) is 0 Å². The first-order valence-electron chi connectivity index (χ1n) is 5.39. The highest BCUT2D eigenvalue weighted by molar-refractivity contribution is 5.74. The van der Waals surface area contributed by atoms with Gasteiger partial charge in [0.1, 0.15) is 6.54 Å². The average Bonchev–Trinajstić information content (AvgIpc) is 2.31. The molecule has 0 bridgehead atoms. The number of hydrogen-bond acceptors (Lipinski definition) is 6. The number of hydrogen-bond donors (Lipinski definition) is 0. The number of anilines is 1. The Balaban J connectivity index is 3.07. The number of carbonyl (C=O) groups excluding carboxylic acids is 1. The lowest BCUT2D eigenvalue weighted by atomic mass is 10.5. The molecule has 0 aliphatic heterocycles. The van der Waals surface area contributed by atoms with Crippen LogP contribution in [-0.2, 0) is 23.6 Å². The molecule has 1 rings (SSSR count). The second kappa shape index (κ2) is 5.48. The zero-order chi connectivity index (χ0) is 13.9. The van der Waals surface area contributed by atoms with Crippen molar-refractivity contribution in [2.75, 3.05) is 25.1 Å². The van der Waals surface area contributed by atoms with Gasteiger partial charge in [0.25, 0.3) is 5.56 Å². The largest absolute Gasteiger partial charge is 0.465 e. The molecule has 0 N–H and O–H groups in total. The number of aryl methyl sites for hydroxylation is 1. The van der Waals surface area contributed by atoms with Crippen LogP contribution in [0.4, 0.5) is 5.82 Å². The van der Waals surface area contributed by atoms with Crippen LogP contribution in [0.25, 0.3) is 0 Å². The minimum Gasteiger partial charge on any atom is -0.465 e. The maximum absolute atomic E-state index is 11.8. The van der Waals surface area contributed by atoms with Gasteiger partial charge in [0.15, 0.2) is 0 Å². The van der Waals surface area contributed by atoms with Crippen molar-refractivity contribution >= 4 is 11.8 Å². The lowest BCUT2D eigenvalue weighted by molar-refractivity contribution is -0.141. The van der Waals surface area contributed by atoms with Gasteiger partial charge in [-0.05, 0) is 6.92 Å². The Morgan fingerprint density at radius 1 is 1.39 bits per heavy atom. The fourth-order valence-corrected chi connectivity index (χ4v) is 1.40. The highest BCUT2D eigenvalue weighted by atomic mass is 16.5. The summed E-state index contributed by atoms with van der Waals surface area (Å²) in [5.41, 5.74) is -1.07. The van der Waals surface area contributed by atoms with E-state index in [1.165, 1.54) is 26.0 Å². The molecule has 0 radical (unpaired) electrons. The van der Waals surface area contributed by atoms with Crippen molar-refractivity contribution in [3.63, 3.8) is 0 Å². The van der Waals surface area contributed by atoms with Gasteiger partial charge in [0.2, 0.25) is 5.82 Å². The van der Waals surface area contributed by atoms with Crippen molar-refractivity contribution in [3.8, 4) is 0 Å². The summed E-state index contributed by atoms with van der Waals surface area (Å²) in [6.07, 6.45) is 0. The molecule has 100 valence electrons. The SMILES string of the molecule is CCOC(=O)CN(C)c1nn(C)c(=O)n(C)c1=O. The molecule has 0 fully saturated rings. The van der Waals surface area contributed by atoms with Crippen LogP contribution in [0.15, 0.2) is 9.59 Å². The van der Waals surface area contributed by atoms with E-state index in [1.54, 1.807) is 6.92 Å². The van der Waals surface area contributed by atoms with Gasteiger partial charge < -0.3 is 9.64 Å². The topological polar surface area (TPSA) is 86.4 Å². The van der Waals surface area contributed by atoms with Crippen molar-refractivity contribution < 1.29 is 9.53 Å². The molecule has 1 heterocycles. The summed E-state index contributed by atoms with van der Waals surface area (Å²) < 4.78 is 6.75. The maximum Gasteiger partial charge on any atom is 0.346 e. The molecule has 1 aromatic heterocycles. The summed E-state index contributed by atoms with van der Waals surface area (Å²) in [7, 11) is 4.32. The van der Waals surface area contributed by atoms with Gasteiger partial charge in [-0.15, -0.1) is 5.10 Å². The van der Waals surface area contributed by atoms with Gasteiger partial charge in [-0.3, -0.25) is 14.2 Å². The molecule has 0 amide bonds. The molecule has 8 heteroatoms. The first-order valence-corrected chi connectivity index (χ1v) is 5.39. The summed E-state index contributed by atoms with van der Waals surface area (Å²) in [5, 5.41) is 3.84. The third-order valence-electron chi connectivity index (χ3n) is 2.34. The molecule has 0 aliphatic rings. The third-order valence-corrected chi connectivity index (χ3v) is 2.34. The summed E-state index contributed by atoms with van der Waals surface area (Å²) in [4.78, 5) is 35.9. The minimum absolute atomic E-state index is 0.0210. The zero-order valence-corrected chi connectivity index (χ0v) is 10.8. The van der Waals surface area contributed by atoms with Crippen molar-refractivity contribution in [2.45, 2.75) is 6.92 Å². The van der Waals surface area contributed by atoms with Crippen LogP contribution < -0.4 is 16.1 Å². The number of aromatic nitrogens is 3. The zero-order valence-electron chi connectivity index (χ0n) is 10.8. The van der Waals surface area contributed by atoms with Gasteiger partial charge in [0, 0.05) is 21.1 Å². The predicted octanol–water partition coefficient (Wildman–Crippen LogP) is -1.52. The summed E-state index contributed by atoms with van der Waals surface area (Å²) in [6.45, 7) is 1.86. The van der Waals surface area contributed by atoms with Crippen LogP contribution in [0.3, 0.4) is 0 Å². The average molecular weight is 256 g/mol. The van der Waals surface area contributed by atoms with Crippen LogP contribution >= 0.6 is 0 Å². The van der Waals surface area contributed by atoms with Crippen molar-refractivity contribution in [1.29, 1.82) is 0 Å². The summed E-state index contributed by atoms with van der Waals surface area (Å²) in [5.74, 6) is -0.439. The first-order chi connectivity index (χ1) is 8.38. The second-order valence-electron chi connectivity index (χ2n) is 3.76. The third kappa shape index (κ3) is 2.76. The van der Waals surface area contributed by atoms with Gasteiger partial charge in [0.05, 0.1) is 6.61 Å². The smallest absolute Gasteiger partial charge is 0.346 e. The molecule has 0 aromatic carbocycles. The molecule has 0 saturated heterocycles. The lowest BCUT2D eigenvalue weighted by Gasteiger charge is -2.17. The summed E-state index contributed by atoms with van der Waals surface area (Å²) in [6, 6.07) is 0. The van der Waals surface area contributed by atoms with Gasteiger partial charge in [-0.2, -0.15) is 0 Å². The van der Waals surface area contributed by atoms with Crippen molar-refractivity contribution in [1.82, 2.24) is 14.3 Å². The molecular formula is C10H16N4O4. The van der Waals surface area contributed by atoms with Crippen LogP contribution in [0.2, 0.25) is 0 Å². The Bertz CT molecular complexity index is 560. The molecule has 8 nitrogen and oxygen atoms in total. The van der Waals surface area contributed by atoms with Gasteiger partial charge >= 0.3 is 11.7 Å². The van der Waals surface area contributed by atoms with Crippen LogP contribution in [-0.4, -0.2) is 40.5 Å². The van der Waals surface area contributed by atoms with E-state index >= 15 is 0 Å². The quantitative estimate of drug-likeness (QED) is 0.608.